The second-order valence-corrected chi connectivity index (χ2v) is 16.9. The minimum Gasteiger partial charge on any atom is -0.256 e. The van der Waals surface area contributed by atoms with Crippen molar-refractivity contribution in [2.45, 2.75) is 11.3 Å². The van der Waals surface area contributed by atoms with Crippen molar-refractivity contribution in [1.82, 2.24) is 19.9 Å². The minimum atomic E-state index is -0.380. The molecule has 2 unspecified atom stereocenters. The first-order valence-electron chi connectivity index (χ1n) is 21.7. The molecule has 0 aliphatic heterocycles. The number of rotatable bonds is 5. The molecule has 4 nitrogen and oxygen atoms in total. The zero-order chi connectivity index (χ0) is 41.5. The zero-order valence-corrected chi connectivity index (χ0v) is 34.2. The summed E-state index contributed by atoms with van der Waals surface area (Å²) in [6.07, 6.45) is 14.9. The summed E-state index contributed by atoms with van der Waals surface area (Å²) in [7, 11) is 0. The van der Waals surface area contributed by atoms with Crippen LogP contribution in [0.1, 0.15) is 28.2 Å². The van der Waals surface area contributed by atoms with Crippen molar-refractivity contribution in [2.24, 2.45) is 5.92 Å². The van der Waals surface area contributed by atoms with Gasteiger partial charge in [-0.2, -0.15) is 0 Å². The van der Waals surface area contributed by atoms with E-state index in [0.29, 0.717) is 0 Å². The van der Waals surface area contributed by atoms with Gasteiger partial charge in [-0.25, -0.2) is 4.98 Å². The largest absolute Gasteiger partial charge is 0.256 e. The zero-order valence-electron chi connectivity index (χ0n) is 34.2. The summed E-state index contributed by atoms with van der Waals surface area (Å²) in [5.74, 6) is 0.401. The topological polar surface area (TPSA) is 51.6 Å². The molecule has 4 heteroatoms. The molecule has 11 aromatic rings. The number of aromatic nitrogens is 4. The lowest BCUT2D eigenvalue weighted by atomic mass is 9.63. The fourth-order valence-electron chi connectivity index (χ4n) is 11.1. The van der Waals surface area contributed by atoms with Crippen LogP contribution in [-0.4, -0.2) is 19.9 Å². The summed E-state index contributed by atoms with van der Waals surface area (Å²) in [5.41, 5.74) is 15.1. The van der Waals surface area contributed by atoms with Gasteiger partial charge in [0.25, 0.3) is 0 Å². The minimum absolute atomic E-state index is 0.197. The second kappa shape index (κ2) is 14.0. The molecule has 0 radical (unpaired) electrons. The Morgan fingerprint density at radius 3 is 1.87 bits per heavy atom. The van der Waals surface area contributed by atoms with Crippen molar-refractivity contribution in [1.29, 1.82) is 0 Å². The van der Waals surface area contributed by atoms with Gasteiger partial charge in [-0.05, 0) is 92.9 Å². The van der Waals surface area contributed by atoms with Gasteiger partial charge in [0.05, 0.1) is 33.2 Å². The van der Waals surface area contributed by atoms with E-state index < -0.39 is 0 Å². The Hall–Kier alpha value is -8.08. The molecule has 2 aliphatic rings. The van der Waals surface area contributed by atoms with Crippen molar-refractivity contribution in [3.05, 3.63) is 241 Å². The smallest absolute Gasteiger partial charge is 0.0970 e. The maximum absolute atomic E-state index is 5.50. The molecule has 0 bridgehead atoms. The van der Waals surface area contributed by atoms with Crippen LogP contribution in [0.3, 0.4) is 0 Å². The van der Waals surface area contributed by atoms with Gasteiger partial charge >= 0.3 is 0 Å². The third-order valence-corrected chi connectivity index (χ3v) is 13.7. The first-order chi connectivity index (χ1) is 31.3. The Morgan fingerprint density at radius 2 is 1.06 bits per heavy atom. The van der Waals surface area contributed by atoms with Crippen molar-refractivity contribution in [3.63, 3.8) is 0 Å². The average Bonchev–Trinajstić information content (AvgIpc) is 3.65. The first kappa shape index (κ1) is 35.7. The van der Waals surface area contributed by atoms with E-state index in [0.717, 1.165) is 82.5 Å². The van der Waals surface area contributed by atoms with Gasteiger partial charge in [0.15, 0.2) is 0 Å². The lowest BCUT2D eigenvalue weighted by Gasteiger charge is -2.38. The number of allylic oxidation sites excluding steroid dienone is 4. The average molecular weight is 803 g/mol. The van der Waals surface area contributed by atoms with E-state index in [2.05, 4.69) is 182 Å². The molecule has 2 atom stereocenters. The molecule has 0 saturated carbocycles. The van der Waals surface area contributed by atoms with Gasteiger partial charge in [0.2, 0.25) is 0 Å². The maximum atomic E-state index is 5.50. The van der Waals surface area contributed by atoms with E-state index in [1.54, 1.807) is 0 Å². The summed E-state index contributed by atoms with van der Waals surface area (Å²) >= 11 is 0. The Labute approximate surface area is 364 Å². The molecule has 4 aromatic heterocycles. The molecule has 13 rings (SSSR count). The lowest BCUT2D eigenvalue weighted by Crippen LogP contribution is -2.35. The third-order valence-electron chi connectivity index (χ3n) is 13.7. The SMILES string of the molecule is C1=CC2c3cc4c(-c5cccc(-c6ccc(-c7cc8cccnc8c8ncccc78)c7cccnc67)c5)nc5ccccc5c4cc3C(c3ccccc3)(c3ccccc3)C2C=C1. The summed E-state index contributed by atoms with van der Waals surface area (Å²) in [6, 6.07) is 64.0. The summed E-state index contributed by atoms with van der Waals surface area (Å²) in [5, 5.41) is 6.75. The molecule has 294 valence electrons. The Morgan fingerprint density at radius 1 is 0.413 bits per heavy atom. The molecular weight excluding hydrogens is 765 g/mol. The van der Waals surface area contributed by atoms with Crippen LogP contribution in [0.15, 0.2) is 219 Å². The number of fused-ring (bicyclic) bond motifs is 10. The van der Waals surface area contributed by atoms with Gasteiger partial charge in [0.1, 0.15) is 0 Å². The van der Waals surface area contributed by atoms with Gasteiger partial charge in [-0.3, -0.25) is 15.0 Å². The van der Waals surface area contributed by atoms with Gasteiger partial charge < -0.3 is 0 Å². The number of para-hydroxylation sites is 1. The van der Waals surface area contributed by atoms with Gasteiger partial charge in [-0.15, -0.1) is 0 Å². The Kier molecular flexibility index (Phi) is 7.91. The van der Waals surface area contributed by atoms with E-state index in [4.69, 9.17) is 19.9 Å². The third kappa shape index (κ3) is 5.28. The maximum Gasteiger partial charge on any atom is 0.0970 e. The fourth-order valence-corrected chi connectivity index (χ4v) is 11.1. The van der Waals surface area contributed by atoms with Crippen molar-refractivity contribution in [3.8, 4) is 33.5 Å². The number of pyridine rings is 4. The molecule has 0 amide bonds. The molecule has 0 spiro atoms. The molecule has 0 fully saturated rings. The van der Waals surface area contributed by atoms with Crippen molar-refractivity contribution in [2.75, 3.05) is 0 Å². The monoisotopic (exact) mass is 802 g/mol. The van der Waals surface area contributed by atoms with Crippen LogP contribution < -0.4 is 0 Å². The molecular formula is C59H38N4. The summed E-state index contributed by atoms with van der Waals surface area (Å²) < 4.78 is 0. The Balaban J connectivity index is 1.02. The van der Waals surface area contributed by atoms with Crippen LogP contribution in [0.4, 0.5) is 0 Å². The standard InChI is InChI=1S/C59H38N4/c1-3-18-40(19-4-1)59(41-20-5-2-6-21-41)52-26-9-7-22-44(52)50-35-51-49(36-53(50)59)45-23-8-10-27-54(45)63-55(51)38-16-11-15-37(33-38)42-28-29-43(46-24-13-31-61-57(42)46)48-34-39-17-12-30-60-56(39)58-47(48)25-14-32-62-58/h1-36,44,52H. The number of hydrogen-bond donors (Lipinski definition) is 0. The van der Waals surface area contributed by atoms with Crippen molar-refractivity contribution >= 4 is 54.4 Å². The Bertz CT molecular complexity index is 3660. The number of hydrogen-bond acceptors (Lipinski definition) is 4. The molecule has 63 heavy (non-hydrogen) atoms. The highest BCUT2D eigenvalue weighted by molar-refractivity contribution is 6.15. The van der Waals surface area contributed by atoms with Crippen LogP contribution in [0.2, 0.25) is 0 Å². The molecule has 0 saturated heterocycles. The highest BCUT2D eigenvalue weighted by Gasteiger charge is 2.53. The van der Waals surface area contributed by atoms with E-state index in [9.17, 15) is 0 Å². The molecule has 0 N–H and O–H groups in total. The van der Waals surface area contributed by atoms with Crippen LogP contribution in [0.5, 0.6) is 0 Å². The van der Waals surface area contributed by atoms with Crippen LogP contribution in [0, 0.1) is 5.92 Å². The van der Waals surface area contributed by atoms with E-state index in [1.165, 1.54) is 27.6 Å². The van der Waals surface area contributed by atoms with E-state index >= 15 is 0 Å². The van der Waals surface area contributed by atoms with Crippen molar-refractivity contribution < 1.29 is 0 Å². The molecule has 2 aliphatic carbocycles. The van der Waals surface area contributed by atoms with E-state index in [1.807, 2.05) is 36.8 Å². The molecule has 4 heterocycles. The van der Waals surface area contributed by atoms with Crippen LogP contribution >= 0.6 is 0 Å². The predicted molar refractivity (Wildman–Crippen MR) is 259 cm³/mol. The summed E-state index contributed by atoms with van der Waals surface area (Å²) in [6.45, 7) is 0. The normalized spacial score (nSPS) is 16.3. The van der Waals surface area contributed by atoms with E-state index in [-0.39, 0.29) is 17.3 Å². The summed E-state index contributed by atoms with van der Waals surface area (Å²) in [4.78, 5) is 20.1. The predicted octanol–water partition coefficient (Wildman–Crippen LogP) is 14.2. The highest BCUT2D eigenvalue weighted by Crippen LogP contribution is 2.60. The fraction of sp³-hybridized carbons (Fsp3) is 0.0508. The first-order valence-corrected chi connectivity index (χ1v) is 21.7. The lowest BCUT2D eigenvalue weighted by molar-refractivity contribution is 0.457. The van der Waals surface area contributed by atoms with Gasteiger partial charge in [0, 0.05) is 68.5 Å². The molecule has 7 aromatic carbocycles. The number of benzene rings is 7. The highest BCUT2D eigenvalue weighted by atomic mass is 14.7. The van der Waals surface area contributed by atoms with Crippen LogP contribution in [0.25, 0.3) is 87.9 Å². The van der Waals surface area contributed by atoms with Crippen LogP contribution in [-0.2, 0) is 5.41 Å². The van der Waals surface area contributed by atoms with Gasteiger partial charge in [-0.1, -0.05) is 152 Å². The second-order valence-electron chi connectivity index (χ2n) is 16.9. The number of nitrogens with zero attached hydrogens (tertiary/aromatic N) is 4. The quantitative estimate of drug-likeness (QED) is 0.163.